The maximum Gasteiger partial charge on any atom is 0.573 e. The van der Waals surface area contributed by atoms with Gasteiger partial charge in [0.05, 0.1) is 4.92 Å². The summed E-state index contributed by atoms with van der Waals surface area (Å²) in [6.45, 7) is 1.68. The van der Waals surface area contributed by atoms with Gasteiger partial charge in [-0.3, -0.25) is 14.9 Å². The zero-order valence-electron chi connectivity index (χ0n) is 16.3. The highest BCUT2D eigenvalue weighted by Crippen LogP contribution is 2.36. The number of aryl methyl sites for hydroxylation is 1. The number of hydrogen-bond donors (Lipinski definition) is 2. The summed E-state index contributed by atoms with van der Waals surface area (Å²) in [6, 6.07) is 10.4. The number of pyridine rings is 1. The Morgan fingerprint density at radius 1 is 1.16 bits per heavy atom. The summed E-state index contributed by atoms with van der Waals surface area (Å²) < 4.78 is 46.6. The lowest BCUT2D eigenvalue weighted by molar-refractivity contribution is -0.384. The maximum atomic E-state index is 12.5. The third-order valence-corrected chi connectivity index (χ3v) is 4.09. The Labute approximate surface area is 178 Å². The van der Waals surface area contributed by atoms with Crippen molar-refractivity contribution in [1.29, 1.82) is 0 Å². The van der Waals surface area contributed by atoms with Gasteiger partial charge < -0.3 is 20.5 Å². The number of carbonyl (C=O) groups is 1. The SMILES string of the molecule is Cc1ccc(NC(=O)c2cccc(OC(F)(F)F)c2)cc1Oc1ccnc(N)c1[N+](=O)[O-]. The van der Waals surface area contributed by atoms with Crippen molar-refractivity contribution in [2.24, 2.45) is 0 Å². The minimum absolute atomic E-state index is 0.0765. The molecular weight excluding hydrogens is 433 g/mol. The quantitative estimate of drug-likeness (QED) is 0.408. The number of nitrogens with zero attached hydrogens (tertiary/aromatic N) is 2. The summed E-state index contributed by atoms with van der Waals surface area (Å²) >= 11 is 0. The number of nitrogens with two attached hydrogens (primary N) is 1. The van der Waals surface area contributed by atoms with Crippen molar-refractivity contribution in [2.75, 3.05) is 11.1 Å². The number of aromatic nitrogens is 1. The van der Waals surface area contributed by atoms with Gasteiger partial charge in [-0.05, 0) is 36.8 Å². The van der Waals surface area contributed by atoms with Crippen LogP contribution < -0.4 is 20.5 Å². The number of carbonyl (C=O) groups excluding carboxylic acids is 1. The lowest BCUT2D eigenvalue weighted by Crippen LogP contribution is -2.18. The fourth-order valence-electron chi connectivity index (χ4n) is 2.66. The van der Waals surface area contributed by atoms with E-state index in [0.29, 0.717) is 5.56 Å². The van der Waals surface area contributed by atoms with Crippen molar-refractivity contribution < 1.29 is 32.4 Å². The van der Waals surface area contributed by atoms with Crippen molar-refractivity contribution >= 4 is 23.1 Å². The molecule has 0 saturated carbocycles. The van der Waals surface area contributed by atoms with Gasteiger partial charge >= 0.3 is 12.0 Å². The average molecular weight is 448 g/mol. The molecule has 9 nitrogen and oxygen atoms in total. The molecule has 0 radical (unpaired) electrons. The number of benzene rings is 2. The van der Waals surface area contributed by atoms with Crippen molar-refractivity contribution in [2.45, 2.75) is 13.3 Å². The molecule has 3 N–H and O–H groups in total. The van der Waals surface area contributed by atoms with Crippen molar-refractivity contribution in [3.63, 3.8) is 0 Å². The number of rotatable bonds is 6. The second-order valence-corrected chi connectivity index (χ2v) is 6.41. The number of ether oxygens (including phenoxy) is 2. The van der Waals surface area contributed by atoms with E-state index in [0.717, 1.165) is 12.1 Å². The number of nitrogen functional groups attached to an aromatic ring is 1. The minimum atomic E-state index is -4.89. The molecule has 0 saturated heterocycles. The first-order valence-electron chi connectivity index (χ1n) is 8.88. The smallest absolute Gasteiger partial charge is 0.450 e. The molecule has 1 amide bonds. The van der Waals surface area contributed by atoms with Gasteiger partial charge in [-0.25, -0.2) is 4.98 Å². The van der Waals surface area contributed by atoms with Crippen LogP contribution in [0.4, 0.5) is 30.4 Å². The molecule has 3 aromatic rings. The third-order valence-electron chi connectivity index (χ3n) is 4.09. The van der Waals surface area contributed by atoms with E-state index in [-0.39, 0.29) is 28.6 Å². The van der Waals surface area contributed by atoms with Crippen LogP contribution in [0.25, 0.3) is 0 Å². The van der Waals surface area contributed by atoms with Crippen LogP contribution in [-0.2, 0) is 0 Å². The van der Waals surface area contributed by atoms with Gasteiger partial charge in [-0.15, -0.1) is 13.2 Å². The standard InChI is InChI=1S/C20H15F3N4O5/c1-11-5-6-13(10-16(11)31-15-7-8-25-18(24)17(15)27(29)30)26-19(28)12-3-2-4-14(9-12)32-20(21,22)23/h2-10H,1H3,(H2,24,25)(H,26,28). The number of anilines is 2. The molecule has 12 heteroatoms. The molecule has 1 heterocycles. The first kappa shape index (κ1) is 22.3. The molecule has 0 aliphatic carbocycles. The minimum Gasteiger partial charge on any atom is -0.450 e. The lowest BCUT2D eigenvalue weighted by Gasteiger charge is -2.13. The lowest BCUT2D eigenvalue weighted by atomic mass is 10.1. The Morgan fingerprint density at radius 3 is 2.59 bits per heavy atom. The number of alkyl halides is 3. The second-order valence-electron chi connectivity index (χ2n) is 6.41. The van der Waals surface area contributed by atoms with Gasteiger partial charge in [-0.2, -0.15) is 0 Å². The van der Waals surface area contributed by atoms with Crippen LogP contribution in [0.1, 0.15) is 15.9 Å². The summed E-state index contributed by atoms with van der Waals surface area (Å²) in [6.07, 6.45) is -3.65. The van der Waals surface area contributed by atoms with Gasteiger partial charge in [-0.1, -0.05) is 12.1 Å². The Hall–Kier alpha value is -4.35. The van der Waals surface area contributed by atoms with Crippen LogP contribution in [0.15, 0.2) is 54.7 Å². The van der Waals surface area contributed by atoms with E-state index in [1.54, 1.807) is 13.0 Å². The fraction of sp³-hybridized carbons (Fsp3) is 0.100. The Balaban J connectivity index is 1.83. The first-order chi connectivity index (χ1) is 15.0. The highest BCUT2D eigenvalue weighted by molar-refractivity contribution is 6.04. The van der Waals surface area contributed by atoms with Crippen molar-refractivity contribution in [1.82, 2.24) is 4.98 Å². The van der Waals surface area contributed by atoms with E-state index in [2.05, 4.69) is 15.0 Å². The summed E-state index contributed by atoms with van der Waals surface area (Å²) in [5.41, 5.74) is 5.80. The predicted molar refractivity (Wildman–Crippen MR) is 108 cm³/mol. The van der Waals surface area contributed by atoms with Crippen molar-refractivity contribution in [3.05, 3.63) is 76.0 Å². The number of hydrogen-bond acceptors (Lipinski definition) is 7. The summed E-state index contributed by atoms with van der Waals surface area (Å²) in [7, 11) is 0. The van der Waals surface area contributed by atoms with E-state index in [1.807, 2.05) is 0 Å². The van der Waals surface area contributed by atoms with E-state index in [4.69, 9.17) is 10.5 Å². The molecule has 0 atom stereocenters. The average Bonchev–Trinajstić information content (AvgIpc) is 2.69. The molecule has 166 valence electrons. The van der Waals surface area contributed by atoms with Crippen molar-refractivity contribution in [3.8, 4) is 17.2 Å². The van der Waals surface area contributed by atoms with Gasteiger partial charge in [0.15, 0.2) is 0 Å². The number of nitro groups is 1. The Morgan fingerprint density at radius 2 is 1.91 bits per heavy atom. The monoisotopic (exact) mass is 448 g/mol. The molecule has 0 bridgehead atoms. The zero-order chi connectivity index (χ0) is 23.5. The van der Waals surface area contributed by atoms with Crippen LogP contribution in [-0.4, -0.2) is 22.2 Å². The first-order valence-corrected chi connectivity index (χ1v) is 8.88. The number of halogens is 3. The zero-order valence-corrected chi connectivity index (χ0v) is 16.3. The second kappa shape index (κ2) is 8.79. The maximum absolute atomic E-state index is 12.5. The van der Waals surface area contributed by atoms with E-state index in [9.17, 15) is 28.1 Å². The molecule has 2 aromatic carbocycles. The fourth-order valence-corrected chi connectivity index (χ4v) is 2.66. The van der Waals surface area contributed by atoms with Crippen LogP contribution in [0, 0.1) is 17.0 Å². The van der Waals surface area contributed by atoms with Crippen LogP contribution in [0.5, 0.6) is 17.2 Å². The number of nitrogens with one attached hydrogen (secondary N) is 1. The molecule has 0 spiro atoms. The van der Waals surface area contributed by atoms with E-state index in [1.165, 1.54) is 36.5 Å². The molecule has 0 aliphatic heterocycles. The highest BCUT2D eigenvalue weighted by atomic mass is 19.4. The van der Waals surface area contributed by atoms with Gasteiger partial charge in [0.1, 0.15) is 11.5 Å². The van der Waals surface area contributed by atoms with Crippen LogP contribution in [0.2, 0.25) is 0 Å². The highest BCUT2D eigenvalue weighted by Gasteiger charge is 2.31. The Kier molecular flexibility index (Phi) is 6.14. The molecule has 0 fully saturated rings. The van der Waals surface area contributed by atoms with Gasteiger partial charge in [0.25, 0.3) is 5.91 Å². The largest absolute Gasteiger partial charge is 0.573 e. The summed E-state index contributed by atoms with van der Waals surface area (Å²) in [5.74, 6) is -1.53. The molecular formula is C20H15F3N4O5. The van der Waals surface area contributed by atoms with E-state index < -0.39 is 28.6 Å². The Bertz CT molecular complexity index is 1180. The predicted octanol–water partition coefficient (Wildman–Crippen LogP) is 4.82. The summed E-state index contributed by atoms with van der Waals surface area (Å²) in [5, 5.41) is 13.8. The molecule has 1 aromatic heterocycles. The van der Waals surface area contributed by atoms with Crippen LogP contribution >= 0.6 is 0 Å². The van der Waals surface area contributed by atoms with Crippen LogP contribution in [0.3, 0.4) is 0 Å². The molecule has 0 unspecified atom stereocenters. The van der Waals surface area contributed by atoms with E-state index >= 15 is 0 Å². The molecule has 32 heavy (non-hydrogen) atoms. The van der Waals surface area contributed by atoms with Gasteiger partial charge in [0.2, 0.25) is 11.6 Å². The molecule has 3 rings (SSSR count). The topological polar surface area (TPSA) is 130 Å². The normalized spacial score (nSPS) is 11.0. The summed E-state index contributed by atoms with van der Waals surface area (Å²) in [4.78, 5) is 26.7. The molecule has 0 aliphatic rings. The number of amides is 1. The van der Waals surface area contributed by atoms with Gasteiger partial charge in [0, 0.05) is 29.6 Å². The third kappa shape index (κ3) is 5.41.